The maximum Gasteiger partial charge on any atom is 0.358 e. The third-order valence-corrected chi connectivity index (χ3v) is 2.15. The molecule has 1 aromatic heterocycles. The van der Waals surface area contributed by atoms with Gasteiger partial charge in [0.25, 0.3) is 0 Å². The van der Waals surface area contributed by atoms with Crippen LogP contribution in [0, 0.1) is 0 Å². The minimum atomic E-state index is -1.04. The van der Waals surface area contributed by atoms with Gasteiger partial charge in [-0.15, -0.1) is 5.10 Å². The molecule has 0 fully saturated rings. The molecule has 0 aliphatic carbocycles. The van der Waals surface area contributed by atoms with Crippen molar-refractivity contribution in [2.75, 3.05) is 6.61 Å². The van der Waals surface area contributed by atoms with Gasteiger partial charge in [0.1, 0.15) is 0 Å². The van der Waals surface area contributed by atoms with Crippen LogP contribution in [0.1, 0.15) is 35.9 Å². The molecule has 1 rings (SSSR count). The third-order valence-electron chi connectivity index (χ3n) is 2.15. The smallest absolute Gasteiger partial charge is 0.358 e. The highest BCUT2D eigenvalue weighted by Gasteiger charge is 2.16. The average molecular weight is 213 g/mol. The van der Waals surface area contributed by atoms with Gasteiger partial charge in [0.15, 0.2) is 5.69 Å². The summed E-state index contributed by atoms with van der Waals surface area (Å²) in [4.78, 5) is 10.8. The molecule has 2 N–H and O–H groups in total. The van der Waals surface area contributed by atoms with Crippen molar-refractivity contribution in [3.63, 3.8) is 0 Å². The van der Waals surface area contributed by atoms with E-state index in [1.54, 1.807) is 4.68 Å². The number of aromatic carboxylic acids is 1. The lowest BCUT2D eigenvalue weighted by Crippen LogP contribution is -2.08. The second-order valence-electron chi connectivity index (χ2n) is 3.20. The molecule has 1 aromatic rings. The first-order valence-electron chi connectivity index (χ1n) is 4.97. The van der Waals surface area contributed by atoms with E-state index in [2.05, 4.69) is 10.3 Å². The van der Waals surface area contributed by atoms with Gasteiger partial charge < -0.3 is 10.2 Å². The molecule has 0 bridgehead atoms. The van der Waals surface area contributed by atoms with Crippen LogP contribution in [0.5, 0.6) is 0 Å². The van der Waals surface area contributed by atoms with Gasteiger partial charge in [-0.1, -0.05) is 12.1 Å². The Hall–Kier alpha value is -1.43. The molecular formula is C9H15N3O3. The van der Waals surface area contributed by atoms with Gasteiger partial charge in [0, 0.05) is 13.2 Å². The molecule has 0 atom stereocenters. The molecule has 0 saturated carbocycles. The molecule has 84 valence electrons. The van der Waals surface area contributed by atoms with E-state index in [0.29, 0.717) is 25.1 Å². The molecule has 0 amide bonds. The van der Waals surface area contributed by atoms with Crippen LogP contribution in [0.25, 0.3) is 0 Å². The predicted molar refractivity (Wildman–Crippen MR) is 52.7 cm³/mol. The Labute approximate surface area is 87.5 Å². The zero-order chi connectivity index (χ0) is 11.3. The van der Waals surface area contributed by atoms with Crippen molar-refractivity contribution in [3.05, 3.63) is 11.4 Å². The number of hydrogen-bond acceptors (Lipinski definition) is 4. The third kappa shape index (κ3) is 2.76. The Bertz CT molecular complexity index is 335. The lowest BCUT2D eigenvalue weighted by molar-refractivity contribution is 0.0689. The number of hydrogen-bond donors (Lipinski definition) is 2. The zero-order valence-corrected chi connectivity index (χ0v) is 8.68. The average Bonchev–Trinajstić information content (AvgIpc) is 2.61. The number of aryl methyl sites for hydroxylation is 1. The number of aliphatic hydroxyl groups is 1. The Kier molecular flexibility index (Phi) is 4.23. The molecule has 6 heteroatoms. The Morgan fingerprint density at radius 1 is 1.47 bits per heavy atom. The first-order chi connectivity index (χ1) is 7.20. The SMILES string of the molecule is CCc1c(C(=O)O)nnn1CCCCO. The second-order valence-corrected chi connectivity index (χ2v) is 3.20. The van der Waals surface area contributed by atoms with E-state index in [0.717, 1.165) is 6.42 Å². The summed E-state index contributed by atoms with van der Waals surface area (Å²) in [6.07, 6.45) is 2.05. The van der Waals surface area contributed by atoms with Gasteiger partial charge in [-0.3, -0.25) is 0 Å². The van der Waals surface area contributed by atoms with Gasteiger partial charge in [-0.05, 0) is 19.3 Å². The monoisotopic (exact) mass is 213 g/mol. The van der Waals surface area contributed by atoms with Crippen LogP contribution in [0.4, 0.5) is 0 Å². The van der Waals surface area contributed by atoms with Crippen LogP contribution in [0.15, 0.2) is 0 Å². The van der Waals surface area contributed by atoms with Crippen molar-refractivity contribution >= 4 is 5.97 Å². The molecule has 0 aromatic carbocycles. The summed E-state index contributed by atoms with van der Waals surface area (Å²) in [5, 5.41) is 24.9. The summed E-state index contributed by atoms with van der Waals surface area (Å²) >= 11 is 0. The highest BCUT2D eigenvalue weighted by Crippen LogP contribution is 2.07. The Balaban J connectivity index is 2.75. The fraction of sp³-hybridized carbons (Fsp3) is 0.667. The van der Waals surface area contributed by atoms with Gasteiger partial charge in [0.2, 0.25) is 0 Å². The second kappa shape index (κ2) is 5.45. The van der Waals surface area contributed by atoms with E-state index in [-0.39, 0.29) is 12.3 Å². The topological polar surface area (TPSA) is 88.2 Å². The van der Waals surface area contributed by atoms with Crippen molar-refractivity contribution in [2.24, 2.45) is 0 Å². The maximum absolute atomic E-state index is 10.8. The van der Waals surface area contributed by atoms with Gasteiger partial charge in [0.05, 0.1) is 5.69 Å². The highest BCUT2D eigenvalue weighted by molar-refractivity contribution is 5.86. The molecule has 6 nitrogen and oxygen atoms in total. The lowest BCUT2D eigenvalue weighted by Gasteiger charge is -2.03. The van der Waals surface area contributed by atoms with E-state index < -0.39 is 5.97 Å². The molecular weight excluding hydrogens is 198 g/mol. The van der Waals surface area contributed by atoms with Crippen LogP contribution >= 0.6 is 0 Å². The summed E-state index contributed by atoms with van der Waals surface area (Å²) in [5.74, 6) is -1.04. The van der Waals surface area contributed by atoms with Crippen LogP contribution in [0.3, 0.4) is 0 Å². The largest absolute Gasteiger partial charge is 0.476 e. The van der Waals surface area contributed by atoms with E-state index >= 15 is 0 Å². The molecule has 0 unspecified atom stereocenters. The minimum absolute atomic E-state index is 0.0292. The van der Waals surface area contributed by atoms with E-state index in [9.17, 15) is 4.79 Å². The van der Waals surface area contributed by atoms with Crippen LogP contribution < -0.4 is 0 Å². The summed E-state index contributed by atoms with van der Waals surface area (Å²) in [6.45, 7) is 2.61. The minimum Gasteiger partial charge on any atom is -0.476 e. The number of rotatable bonds is 6. The number of unbranched alkanes of at least 4 members (excludes halogenated alkanes) is 1. The van der Waals surface area contributed by atoms with Gasteiger partial charge in [-0.25, -0.2) is 9.48 Å². The number of aliphatic hydroxyl groups excluding tert-OH is 1. The predicted octanol–water partition coefficient (Wildman–Crippen LogP) is 0.311. The van der Waals surface area contributed by atoms with Crippen molar-refractivity contribution < 1.29 is 15.0 Å². The van der Waals surface area contributed by atoms with Gasteiger partial charge >= 0.3 is 5.97 Å². The lowest BCUT2D eigenvalue weighted by atomic mass is 10.2. The van der Waals surface area contributed by atoms with Crippen LogP contribution in [0.2, 0.25) is 0 Å². The van der Waals surface area contributed by atoms with Crippen LogP contribution in [-0.4, -0.2) is 37.8 Å². The molecule has 15 heavy (non-hydrogen) atoms. The number of carbonyl (C=O) groups is 1. The highest BCUT2D eigenvalue weighted by atomic mass is 16.4. The van der Waals surface area contributed by atoms with Crippen molar-refractivity contribution in [3.8, 4) is 0 Å². The van der Waals surface area contributed by atoms with Gasteiger partial charge in [-0.2, -0.15) is 0 Å². The standard InChI is InChI=1S/C9H15N3O3/c1-2-7-8(9(14)15)10-11-12(7)5-3-4-6-13/h13H,2-6H2,1H3,(H,14,15). The molecule has 0 radical (unpaired) electrons. The molecule has 0 saturated heterocycles. The quantitative estimate of drug-likeness (QED) is 0.664. The summed E-state index contributed by atoms with van der Waals surface area (Å²) in [7, 11) is 0. The fourth-order valence-corrected chi connectivity index (χ4v) is 1.40. The molecule has 0 spiro atoms. The Morgan fingerprint density at radius 3 is 2.73 bits per heavy atom. The maximum atomic E-state index is 10.8. The molecule has 0 aliphatic rings. The molecule has 0 aliphatic heterocycles. The fourth-order valence-electron chi connectivity index (χ4n) is 1.40. The number of aromatic nitrogens is 3. The zero-order valence-electron chi connectivity index (χ0n) is 8.68. The number of carboxylic acid groups (broad SMARTS) is 1. The number of nitrogens with zero attached hydrogens (tertiary/aromatic N) is 3. The summed E-state index contributed by atoms with van der Waals surface area (Å²) < 4.78 is 1.60. The summed E-state index contributed by atoms with van der Waals surface area (Å²) in [6, 6.07) is 0. The number of carboxylic acids is 1. The van der Waals surface area contributed by atoms with E-state index in [1.807, 2.05) is 6.92 Å². The van der Waals surface area contributed by atoms with Crippen molar-refractivity contribution in [1.29, 1.82) is 0 Å². The molecule has 1 heterocycles. The Morgan fingerprint density at radius 2 is 2.20 bits per heavy atom. The van der Waals surface area contributed by atoms with E-state index in [1.165, 1.54) is 0 Å². The van der Waals surface area contributed by atoms with Crippen LogP contribution in [-0.2, 0) is 13.0 Å². The normalized spacial score (nSPS) is 10.5. The van der Waals surface area contributed by atoms with E-state index in [4.69, 9.17) is 10.2 Å². The first-order valence-corrected chi connectivity index (χ1v) is 4.97. The van der Waals surface area contributed by atoms with Crippen molar-refractivity contribution in [2.45, 2.75) is 32.7 Å². The first kappa shape index (κ1) is 11.6. The van der Waals surface area contributed by atoms with Crippen molar-refractivity contribution in [1.82, 2.24) is 15.0 Å². The summed E-state index contributed by atoms with van der Waals surface area (Å²) in [5.41, 5.74) is 0.668.